The Morgan fingerprint density at radius 1 is 1.53 bits per heavy atom. The van der Waals surface area contributed by atoms with Crippen molar-refractivity contribution in [3.63, 3.8) is 0 Å². The Morgan fingerprint density at radius 3 is 2.94 bits per heavy atom. The fraction of sp³-hybridized carbons (Fsp3) is 0.333. The zero-order chi connectivity index (χ0) is 11.5. The molecule has 17 heavy (non-hydrogen) atoms. The summed E-state index contributed by atoms with van der Waals surface area (Å²) in [5.41, 5.74) is 1.50. The lowest BCUT2D eigenvalue weighted by Crippen LogP contribution is -2.34. The van der Waals surface area contributed by atoms with Crippen LogP contribution in [-0.2, 0) is 4.79 Å². The molecule has 0 saturated carbocycles. The Kier molecular flexibility index (Phi) is 4.50. The van der Waals surface area contributed by atoms with Crippen molar-refractivity contribution in [2.45, 2.75) is 18.4 Å². The predicted octanol–water partition coefficient (Wildman–Crippen LogP) is 1.51. The second kappa shape index (κ2) is 5.67. The SMILES string of the molecule is Cl.N#Cc1cccc([C@H]2CCN[C@@H]2C(=O)O)c1. The molecule has 0 radical (unpaired) electrons. The van der Waals surface area contributed by atoms with Crippen LogP contribution in [0.5, 0.6) is 0 Å². The molecule has 5 heteroatoms. The van der Waals surface area contributed by atoms with Gasteiger partial charge in [0.25, 0.3) is 0 Å². The molecule has 1 saturated heterocycles. The molecule has 0 aliphatic carbocycles. The lowest BCUT2D eigenvalue weighted by atomic mass is 9.91. The largest absolute Gasteiger partial charge is 0.480 e. The van der Waals surface area contributed by atoms with Crippen LogP contribution in [0.15, 0.2) is 24.3 Å². The van der Waals surface area contributed by atoms with Crippen LogP contribution >= 0.6 is 12.4 Å². The van der Waals surface area contributed by atoms with Crippen LogP contribution in [0.2, 0.25) is 0 Å². The summed E-state index contributed by atoms with van der Waals surface area (Å²) in [4.78, 5) is 11.0. The first-order valence-electron chi connectivity index (χ1n) is 5.18. The van der Waals surface area contributed by atoms with Gasteiger partial charge in [0, 0.05) is 5.92 Å². The number of carboxylic acid groups (broad SMARTS) is 1. The van der Waals surface area contributed by atoms with Crippen LogP contribution in [0.4, 0.5) is 0 Å². The Bertz CT molecular complexity index is 456. The summed E-state index contributed by atoms with van der Waals surface area (Å²) in [7, 11) is 0. The number of hydrogen-bond donors (Lipinski definition) is 2. The third-order valence-electron chi connectivity index (χ3n) is 2.93. The molecule has 0 spiro atoms. The van der Waals surface area contributed by atoms with Gasteiger partial charge in [-0.2, -0.15) is 5.26 Å². The van der Waals surface area contributed by atoms with Crippen molar-refractivity contribution in [1.82, 2.24) is 5.32 Å². The van der Waals surface area contributed by atoms with Gasteiger partial charge in [-0.3, -0.25) is 4.79 Å². The average molecular weight is 253 g/mol. The number of carboxylic acids is 1. The molecule has 1 fully saturated rings. The molecule has 0 bridgehead atoms. The van der Waals surface area contributed by atoms with Gasteiger partial charge in [-0.1, -0.05) is 12.1 Å². The lowest BCUT2D eigenvalue weighted by molar-refractivity contribution is -0.139. The lowest BCUT2D eigenvalue weighted by Gasteiger charge is -2.15. The van der Waals surface area contributed by atoms with Gasteiger partial charge in [0.1, 0.15) is 6.04 Å². The molecule has 1 aliphatic heterocycles. The molecule has 1 heterocycles. The number of carbonyl (C=O) groups is 1. The van der Waals surface area contributed by atoms with Crippen molar-refractivity contribution in [3.05, 3.63) is 35.4 Å². The summed E-state index contributed by atoms with van der Waals surface area (Å²) in [6, 6.07) is 8.71. The average Bonchev–Trinajstić information content (AvgIpc) is 2.78. The van der Waals surface area contributed by atoms with Gasteiger partial charge in [-0.25, -0.2) is 0 Å². The zero-order valence-corrected chi connectivity index (χ0v) is 9.91. The summed E-state index contributed by atoms with van der Waals surface area (Å²) in [6.07, 6.45) is 0.797. The maximum atomic E-state index is 11.0. The molecule has 1 aromatic rings. The fourth-order valence-electron chi connectivity index (χ4n) is 2.16. The monoisotopic (exact) mass is 252 g/mol. The van der Waals surface area contributed by atoms with E-state index in [4.69, 9.17) is 10.4 Å². The van der Waals surface area contributed by atoms with E-state index in [1.807, 2.05) is 6.07 Å². The minimum absolute atomic E-state index is 0. The smallest absolute Gasteiger partial charge is 0.321 e. The number of halogens is 1. The van der Waals surface area contributed by atoms with Crippen LogP contribution in [0.25, 0.3) is 0 Å². The van der Waals surface area contributed by atoms with Crippen molar-refractivity contribution in [1.29, 1.82) is 5.26 Å². The van der Waals surface area contributed by atoms with Crippen molar-refractivity contribution < 1.29 is 9.90 Å². The summed E-state index contributed by atoms with van der Waals surface area (Å²) in [5.74, 6) is -0.865. The van der Waals surface area contributed by atoms with Gasteiger partial charge in [0.05, 0.1) is 11.6 Å². The van der Waals surface area contributed by atoms with Crippen LogP contribution in [0.3, 0.4) is 0 Å². The van der Waals surface area contributed by atoms with Gasteiger partial charge >= 0.3 is 5.97 Å². The highest BCUT2D eigenvalue weighted by atomic mass is 35.5. The Hall–Kier alpha value is -1.57. The summed E-state index contributed by atoms with van der Waals surface area (Å²) in [5, 5.41) is 20.8. The normalized spacial score (nSPS) is 22.5. The number of nitrogens with zero attached hydrogens (tertiary/aromatic N) is 1. The second-order valence-corrected chi connectivity index (χ2v) is 3.90. The topological polar surface area (TPSA) is 73.1 Å². The Balaban J connectivity index is 0.00000144. The molecule has 1 aromatic carbocycles. The fourth-order valence-corrected chi connectivity index (χ4v) is 2.16. The number of hydrogen-bond acceptors (Lipinski definition) is 3. The van der Waals surface area contributed by atoms with E-state index in [1.54, 1.807) is 18.2 Å². The molecular weight excluding hydrogens is 240 g/mol. The van der Waals surface area contributed by atoms with E-state index in [0.717, 1.165) is 12.0 Å². The molecule has 1 aliphatic rings. The van der Waals surface area contributed by atoms with Gasteiger partial charge in [0.2, 0.25) is 0 Å². The number of rotatable bonds is 2. The molecule has 4 nitrogen and oxygen atoms in total. The number of nitrogens with one attached hydrogen (secondary N) is 1. The second-order valence-electron chi connectivity index (χ2n) is 3.90. The molecule has 0 unspecified atom stereocenters. The van der Waals surface area contributed by atoms with E-state index < -0.39 is 12.0 Å². The van der Waals surface area contributed by atoms with Gasteiger partial charge in [0.15, 0.2) is 0 Å². The summed E-state index contributed by atoms with van der Waals surface area (Å²) >= 11 is 0. The Labute approximate surface area is 106 Å². The first-order chi connectivity index (χ1) is 7.72. The minimum Gasteiger partial charge on any atom is -0.480 e. The third kappa shape index (κ3) is 2.76. The van der Waals surface area contributed by atoms with E-state index in [0.29, 0.717) is 12.1 Å². The van der Waals surface area contributed by atoms with E-state index in [9.17, 15) is 4.79 Å². The molecule has 0 amide bonds. The number of benzene rings is 1. The first kappa shape index (κ1) is 13.5. The molecule has 2 atom stereocenters. The van der Waals surface area contributed by atoms with Crippen molar-refractivity contribution in [2.24, 2.45) is 0 Å². The maximum absolute atomic E-state index is 11.0. The van der Waals surface area contributed by atoms with Gasteiger partial charge in [-0.15, -0.1) is 12.4 Å². The first-order valence-corrected chi connectivity index (χ1v) is 5.18. The molecular formula is C12H13ClN2O2. The summed E-state index contributed by atoms with van der Waals surface area (Å²) in [6.45, 7) is 0.707. The number of nitriles is 1. The zero-order valence-electron chi connectivity index (χ0n) is 9.09. The predicted molar refractivity (Wildman–Crippen MR) is 65.2 cm³/mol. The quantitative estimate of drug-likeness (QED) is 0.837. The van der Waals surface area contributed by atoms with Crippen LogP contribution in [0, 0.1) is 11.3 Å². The molecule has 2 rings (SSSR count). The molecule has 90 valence electrons. The van der Waals surface area contributed by atoms with Gasteiger partial charge < -0.3 is 10.4 Å². The van der Waals surface area contributed by atoms with E-state index >= 15 is 0 Å². The number of aliphatic carboxylic acids is 1. The Morgan fingerprint density at radius 2 is 2.29 bits per heavy atom. The van der Waals surface area contributed by atoms with Crippen LogP contribution in [-0.4, -0.2) is 23.7 Å². The highest BCUT2D eigenvalue weighted by molar-refractivity contribution is 5.85. The van der Waals surface area contributed by atoms with Gasteiger partial charge in [-0.05, 0) is 30.7 Å². The molecule has 0 aromatic heterocycles. The van der Waals surface area contributed by atoms with E-state index in [-0.39, 0.29) is 18.3 Å². The highest BCUT2D eigenvalue weighted by Gasteiger charge is 2.33. The van der Waals surface area contributed by atoms with Crippen LogP contribution < -0.4 is 5.32 Å². The standard InChI is InChI=1S/C12H12N2O2.ClH/c13-7-8-2-1-3-9(6-8)10-4-5-14-11(10)12(15)16;/h1-3,6,10-11,14H,4-5H2,(H,15,16);1H/t10-,11+;/m1./s1. The molecule has 2 N–H and O–H groups in total. The van der Waals surface area contributed by atoms with Crippen LogP contribution in [0.1, 0.15) is 23.5 Å². The van der Waals surface area contributed by atoms with E-state index in [2.05, 4.69) is 11.4 Å². The minimum atomic E-state index is -0.829. The van der Waals surface area contributed by atoms with Crippen molar-refractivity contribution in [2.75, 3.05) is 6.54 Å². The maximum Gasteiger partial charge on any atom is 0.321 e. The van der Waals surface area contributed by atoms with Crippen molar-refractivity contribution in [3.8, 4) is 6.07 Å². The highest BCUT2D eigenvalue weighted by Crippen LogP contribution is 2.28. The third-order valence-corrected chi connectivity index (χ3v) is 2.93. The summed E-state index contributed by atoms with van der Waals surface area (Å²) < 4.78 is 0. The van der Waals surface area contributed by atoms with E-state index in [1.165, 1.54) is 0 Å². The van der Waals surface area contributed by atoms with Crippen molar-refractivity contribution >= 4 is 18.4 Å².